The van der Waals surface area contributed by atoms with E-state index in [1.165, 1.54) is 35.2 Å². The molecular formula is C25H21FN4O2S2. The predicted octanol–water partition coefficient (Wildman–Crippen LogP) is 5.47. The summed E-state index contributed by atoms with van der Waals surface area (Å²) in [5.74, 6) is -0.195. The molecule has 9 heteroatoms. The number of benzene rings is 3. The largest absolute Gasteiger partial charge is 0.345 e. The molecule has 0 spiro atoms. The zero-order valence-corrected chi connectivity index (χ0v) is 19.6. The van der Waals surface area contributed by atoms with E-state index in [0.717, 1.165) is 11.1 Å². The van der Waals surface area contributed by atoms with Gasteiger partial charge in [-0.2, -0.15) is 0 Å². The molecule has 0 unspecified atom stereocenters. The van der Waals surface area contributed by atoms with Gasteiger partial charge in [0.25, 0.3) is 5.91 Å². The summed E-state index contributed by atoms with van der Waals surface area (Å²) in [5.41, 5.74) is 2.32. The number of nitrogens with zero attached hydrogens (tertiary/aromatic N) is 2. The summed E-state index contributed by atoms with van der Waals surface area (Å²) >= 11 is 2.72. The van der Waals surface area contributed by atoms with E-state index in [4.69, 9.17) is 0 Å². The van der Waals surface area contributed by atoms with Crippen LogP contribution in [-0.2, 0) is 10.5 Å². The van der Waals surface area contributed by atoms with Crippen molar-refractivity contribution in [3.63, 3.8) is 0 Å². The Labute approximate surface area is 204 Å². The minimum atomic E-state index is -0.505. The summed E-state index contributed by atoms with van der Waals surface area (Å²) in [6.07, 6.45) is 0.0419. The van der Waals surface area contributed by atoms with Gasteiger partial charge in [-0.05, 0) is 35.4 Å². The van der Waals surface area contributed by atoms with Crippen molar-refractivity contribution in [2.45, 2.75) is 22.6 Å². The third kappa shape index (κ3) is 6.72. The maximum absolute atomic E-state index is 13.0. The number of rotatable bonds is 9. The summed E-state index contributed by atoms with van der Waals surface area (Å²) in [7, 11) is 0. The number of hydrogen-bond acceptors (Lipinski definition) is 6. The highest BCUT2D eigenvalue weighted by Crippen LogP contribution is 2.29. The number of halogens is 1. The van der Waals surface area contributed by atoms with E-state index in [1.807, 2.05) is 36.4 Å². The van der Waals surface area contributed by atoms with E-state index in [-0.39, 0.29) is 24.1 Å². The fourth-order valence-electron chi connectivity index (χ4n) is 3.17. The Morgan fingerprint density at radius 2 is 1.59 bits per heavy atom. The van der Waals surface area contributed by atoms with Crippen LogP contribution in [0, 0.1) is 5.82 Å². The van der Waals surface area contributed by atoms with E-state index < -0.39 is 6.04 Å². The summed E-state index contributed by atoms with van der Waals surface area (Å²) in [5, 5.41) is 14.2. The highest BCUT2D eigenvalue weighted by atomic mass is 32.2. The number of anilines is 1. The molecule has 2 N–H and O–H groups in total. The third-order valence-corrected chi connectivity index (χ3v) is 6.90. The van der Waals surface area contributed by atoms with Crippen molar-refractivity contribution in [3.8, 4) is 0 Å². The molecule has 2 amide bonds. The topological polar surface area (TPSA) is 84.0 Å². The van der Waals surface area contributed by atoms with E-state index in [1.54, 1.807) is 36.4 Å². The highest BCUT2D eigenvalue weighted by Gasteiger charge is 2.20. The SMILES string of the molecule is O=C(C[C@@H](NC(=O)c1ccccc1)c1ccccc1)Nc1nnc(SCc2ccc(F)cc2)s1. The van der Waals surface area contributed by atoms with Gasteiger partial charge in [-0.25, -0.2) is 4.39 Å². The molecule has 0 fully saturated rings. The average Bonchev–Trinajstić information content (AvgIpc) is 3.31. The van der Waals surface area contributed by atoms with Crippen LogP contribution >= 0.6 is 23.1 Å². The van der Waals surface area contributed by atoms with E-state index >= 15 is 0 Å². The second kappa shape index (κ2) is 11.5. The molecule has 0 saturated heterocycles. The molecule has 0 bridgehead atoms. The number of amides is 2. The number of hydrogen-bond donors (Lipinski definition) is 2. The lowest BCUT2D eigenvalue weighted by Crippen LogP contribution is -2.31. The van der Waals surface area contributed by atoms with Crippen molar-refractivity contribution >= 4 is 40.0 Å². The minimum absolute atomic E-state index is 0.0419. The van der Waals surface area contributed by atoms with Crippen LogP contribution in [0.25, 0.3) is 0 Å². The van der Waals surface area contributed by atoms with Gasteiger partial charge in [-0.3, -0.25) is 9.59 Å². The molecule has 34 heavy (non-hydrogen) atoms. The molecule has 172 valence electrons. The smallest absolute Gasteiger partial charge is 0.251 e. The third-order valence-electron chi connectivity index (χ3n) is 4.86. The molecular weight excluding hydrogens is 471 g/mol. The van der Waals surface area contributed by atoms with Crippen LogP contribution < -0.4 is 10.6 Å². The molecule has 0 aliphatic carbocycles. The molecule has 1 atom stereocenters. The molecule has 1 heterocycles. The number of thioether (sulfide) groups is 1. The quantitative estimate of drug-likeness (QED) is 0.239. The van der Waals surface area contributed by atoms with E-state index in [2.05, 4.69) is 20.8 Å². The molecule has 0 saturated carbocycles. The number of aromatic nitrogens is 2. The fraction of sp³-hybridized carbons (Fsp3) is 0.120. The standard InChI is InChI=1S/C25H21FN4O2S2/c26-20-13-11-17(12-14-20)16-33-25-30-29-24(34-25)28-22(31)15-21(18-7-3-1-4-8-18)27-23(32)19-9-5-2-6-10-19/h1-14,21H,15-16H2,(H,27,32)(H,28,29,31)/t21-/m1/s1. The first-order valence-electron chi connectivity index (χ1n) is 10.5. The maximum Gasteiger partial charge on any atom is 0.251 e. The van der Waals surface area contributed by atoms with Crippen molar-refractivity contribution in [2.24, 2.45) is 0 Å². The first kappa shape index (κ1) is 23.6. The van der Waals surface area contributed by atoms with Crippen molar-refractivity contribution < 1.29 is 14.0 Å². The van der Waals surface area contributed by atoms with Gasteiger partial charge in [0.1, 0.15) is 5.82 Å². The van der Waals surface area contributed by atoms with Gasteiger partial charge >= 0.3 is 0 Å². The van der Waals surface area contributed by atoms with Gasteiger partial charge in [-0.15, -0.1) is 10.2 Å². The molecule has 0 radical (unpaired) electrons. The fourth-order valence-corrected chi connectivity index (χ4v) is 4.89. The normalized spacial score (nSPS) is 11.6. The Hall–Kier alpha value is -3.56. The Morgan fingerprint density at radius 3 is 2.29 bits per heavy atom. The van der Waals surface area contributed by atoms with Crippen molar-refractivity contribution in [1.29, 1.82) is 0 Å². The van der Waals surface area contributed by atoms with Crippen LogP contribution in [-0.4, -0.2) is 22.0 Å². The van der Waals surface area contributed by atoms with Crippen molar-refractivity contribution in [2.75, 3.05) is 5.32 Å². The van der Waals surface area contributed by atoms with E-state index in [0.29, 0.717) is 20.8 Å². The van der Waals surface area contributed by atoms with Crippen molar-refractivity contribution in [1.82, 2.24) is 15.5 Å². The Bertz CT molecular complexity index is 1230. The molecule has 0 aliphatic heterocycles. The van der Waals surface area contributed by atoms with Gasteiger partial charge in [-0.1, -0.05) is 83.8 Å². The molecule has 0 aliphatic rings. The van der Waals surface area contributed by atoms with Gasteiger partial charge < -0.3 is 10.6 Å². The average molecular weight is 493 g/mol. The zero-order valence-electron chi connectivity index (χ0n) is 18.0. The predicted molar refractivity (Wildman–Crippen MR) is 132 cm³/mol. The maximum atomic E-state index is 13.0. The monoisotopic (exact) mass is 492 g/mol. The molecule has 1 aromatic heterocycles. The first-order valence-corrected chi connectivity index (χ1v) is 12.3. The van der Waals surface area contributed by atoms with Crippen LogP contribution in [0.1, 0.15) is 33.9 Å². The number of nitrogens with one attached hydrogen (secondary N) is 2. The summed E-state index contributed by atoms with van der Waals surface area (Å²) in [6.45, 7) is 0. The Balaban J connectivity index is 1.37. The van der Waals surface area contributed by atoms with Gasteiger partial charge in [0.05, 0.1) is 12.5 Å². The van der Waals surface area contributed by atoms with Crippen LogP contribution in [0.4, 0.5) is 9.52 Å². The van der Waals surface area contributed by atoms with Gasteiger partial charge in [0.15, 0.2) is 4.34 Å². The van der Waals surface area contributed by atoms with Crippen LogP contribution in [0.3, 0.4) is 0 Å². The summed E-state index contributed by atoms with van der Waals surface area (Å²) < 4.78 is 13.7. The van der Waals surface area contributed by atoms with Crippen LogP contribution in [0.2, 0.25) is 0 Å². The minimum Gasteiger partial charge on any atom is -0.345 e. The lowest BCUT2D eigenvalue weighted by molar-refractivity contribution is -0.116. The van der Waals surface area contributed by atoms with E-state index in [9.17, 15) is 14.0 Å². The zero-order chi connectivity index (χ0) is 23.8. The molecule has 4 aromatic rings. The Kier molecular flexibility index (Phi) is 8.00. The second-order valence-corrected chi connectivity index (χ2v) is 9.54. The van der Waals surface area contributed by atoms with Gasteiger partial charge in [0, 0.05) is 11.3 Å². The van der Waals surface area contributed by atoms with Crippen molar-refractivity contribution in [3.05, 3.63) is 107 Å². The first-order chi connectivity index (χ1) is 16.6. The number of carbonyl (C=O) groups is 2. The van der Waals surface area contributed by atoms with Gasteiger partial charge in [0.2, 0.25) is 11.0 Å². The van der Waals surface area contributed by atoms with Crippen LogP contribution in [0.5, 0.6) is 0 Å². The summed E-state index contributed by atoms with van der Waals surface area (Å²) in [6, 6.07) is 24.0. The number of carbonyl (C=O) groups excluding carboxylic acids is 2. The lowest BCUT2D eigenvalue weighted by atomic mass is 10.0. The lowest BCUT2D eigenvalue weighted by Gasteiger charge is -2.18. The molecule has 4 rings (SSSR count). The molecule has 3 aromatic carbocycles. The highest BCUT2D eigenvalue weighted by molar-refractivity contribution is 8.00. The Morgan fingerprint density at radius 1 is 0.912 bits per heavy atom. The second-order valence-electron chi connectivity index (χ2n) is 7.34. The summed E-state index contributed by atoms with van der Waals surface area (Å²) in [4.78, 5) is 25.5. The molecule has 6 nitrogen and oxygen atoms in total. The van der Waals surface area contributed by atoms with Crippen LogP contribution in [0.15, 0.2) is 89.3 Å².